The summed E-state index contributed by atoms with van der Waals surface area (Å²) in [5.41, 5.74) is 2.25. The zero-order valence-corrected chi connectivity index (χ0v) is 18.6. The van der Waals surface area contributed by atoms with Crippen LogP contribution >= 0.6 is 0 Å². The normalized spacial score (nSPS) is 31.5. The van der Waals surface area contributed by atoms with Crippen molar-refractivity contribution in [3.8, 4) is 6.07 Å². The van der Waals surface area contributed by atoms with Crippen molar-refractivity contribution in [3.05, 3.63) is 28.8 Å². The Hall–Kier alpha value is -2.32. The van der Waals surface area contributed by atoms with Crippen LogP contribution in [-0.4, -0.2) is 32.7 Å². The Morgan fingerprint density at radius 2 is 1.81 bits per heavy atom. The van der Waals surface area contributed by atoms with Crippen LogP contribution in [0.2, 0.25) is 0 Å². The lowest BCUT2D eigenvalue weighted by molar-refractivity contribution is -0.137. The van der Waals surface area contributed by atoms with Crippen molar-refractivity contribution in [2.45, 2.75) is 50.1 Å². The smallest absolute Gasteiger partial charge is 0.366 e. The van der Waals surface area contributed by atoms with Crippen LogP contribution in [0.1, 0.15) is 60.0 Å². The highest BCUT2D eigenvalue weighted by Gasteiger charge is 2.59. The summed E-state index contributed by atoms with van der Waals surface area (Å²) in [7, 11) is -1.60. The second-order valence-electron chi connectivity index (χ2n) is 9.83. The van der Waals surface area contributed by atoms with Gasteiger partial charge in [0.15, 0.2) is 0 Å². The van der Waals surface area contributed by atoms with Crippen LogP contribution in [0, 0.1) is 28.6 Å². The number of halogens is 3. The third-order valence-electron chi connectivity index (χ3n) is 7.31. The minimum Gasteiger partial charge on any atom is -0.366 e. The van der Waals surface area contributed by atoms with Crippen molar-refractivity contribution in [2.75, 3.05) is 18.8 Å². The number of anilines is 1. The number of carbonyl (C=O) groups is 1. The second-order valence-corrected chi connectivity index (χ2v) is 11.7. The van der Waals surface area contributed by atoms with E-state index in [0.29, 0.717) is 38.2 Å². The summed E-state index contributed by atoms with van der Waals surface area (Å²) in [6.07, 6.45) is -1.03. The van der Waals surface area contributed by atoms with E-state index in [9.17, 15) is 31.6 Å². The minimum atomic E-state index is -4.76. The number of alkyl halides is 3. The van der Waals surface area contributed by atoms with E-state index in [-0.39, 0.29) is 23.1 Å². The molecule has 0 spiro atoms. The van der Waals surface area contributed by atoms with E-state index in [1.165, 1.54) is 14.1 Å². The predicted molar refractivity (Wildman–Crippen MR) is 111 cm³/mol. The maximum atomic E-state index is 13.8. The Labute approximate surface area is 184 Å². The van der Waals surface area contributed by atoms with Crippen molar-refractivity contribution in [2.24, 2.45) is 23.0 Å². The van der Waals surface area contributed by atoms with Crippen LogP contribution in [0.4, 0.5) is 18.9 Å². The molecule has 4 fully saturated rings. The number of nitrogens with zero attached hydrogens (tertiary/aromatic N) is 2. The fourth-order valence-corrected chi connectivity index (χ4v) is 7.12. The zero-order valence-electron chi connectivity index (χ0n) is 17.8. The highest BCUT2D eigenvalue weighted by molar-refractivity contribution is 7.90. The predicted octanol–water partition coefficient (Wildman–Crippen LogP) is 3.38. The van der Waals surface area contributed by atoms with Gasteiger partial charge in [-0.25, -0.2) is 0 Å². The molecule has 0 heterocycles. The van der Waals surface area contributed by atoms with E-state index in [2.05, 4.69) is 10.8 Å². The van der Waals surface area contributed by atoms with Crippen molar-refractivity contribution in [1.29, 1.82) is 5.26 Å². The van der Waals surface area contributed by atoms with Crippen molar-refractivity contribution in [1.82, 2.24) is 4.31 Å². The SMILES string of the molecule is CN(C)S(=O)(=O)Nc1c(C(N)=O)cc(C(F)(F)F)cc1C12CC3C[C@@H](CC(C#N)(C3)C1)C2. The van der Waals surface area contributed by atoms with Gasteiger partial charge in [0.25, 0.3) is 5.91 Å². The topological polar surface area (TPSA) is 116 Å². The molecule has 1 aromatic rings. The summed E-state index contributed by atoms with van der Waals surface area (Å²) in [4.78, 5) is 12.2. The number of rotatable bonds is 5. The molecule has 5 rings (SSSR count). The lowest BCUT2D eigenvalue weighted by Gasteiger charge is -2.60. The number of nitrogens with one attached hydrogen (secondary N) is 1. The van der Waals surface area contributed by atoms with Crippen molar-refractivity contribution < 1.29 is 26.4 Å². The average Bonchev–Trinajstić information content (AvgIpc) is 2.65. The molecule has 7 nitrogen and oxygen atoms in total. The summed E-state index contributed by atoms with van der Waals surface area (Å²) >= 11 is 0. The first-order valence-corrected chi connectivity index (χ1v) is 11.8. The van der Waals surface area contributed by atoms with Gasteiger partial charge in [-0.05, 0) is 73.5 Å². The maximum absolute atomic E-state index is 13.8. The molecule has 1 aromatic carbocycles. The molecular formula is C21H25F3N4O3S. The number of carbonyl (C=O) groups excluding carboxylic acids is 1. The van der Waals surface area contributed by atoms with Gasteiger partial charge >= 0.3 is 16.4 Å². The summed E-state index contributed by atoms with van der Waals surface area (Å²) < 4.78 is 69.8. The van der Waals surface area contributed by atoms with Gasteiger partial charge < -0.3 is 5.73 Å². The van der Waals surface area contributed by atoms with E-state index < -0.39 is 44.2 Å². The summed E-state index contributed by atoms with van der Waals surface area (Å²) in [5, 5.41) is 9.93. The second kappa shape index (κ2) is 7.09. The molecule has 4 aliphatic rings. The fraction of sp³-hybridized carbons (Fsp3) is 0.619. The van der Waals surface area contributed by atoms with Gasteiger partial charge in [-0.2, -0.15) is 31.2 Å². The van der Waals surface area contributed by atoms with E-state index >= 15 is 0 Å². The van der Waals surface area contributed by atoms with Gasteiger partial charge in [-0.3, -0.25) is 9.52 Å². The van der Waals surface area contributed by atoms with Crippen LogP contribution in [0.15, 0.2) is 12.1 Å². The molecule has 0 aliphatic heterocycles. The Bertz CT molecular complexity index is 1110. The third-order valence-corrected chi connectivity index (χ3v) is 8.74. The molecular weight excluding hydrogens is 445 g/mol. The molecule has 0 aromatic heterocycles. The molecule has 3 N–H and O–H groups in total. The lowest BCUT2D eigenvalue weighted by atomic mass is 9.43. The zero-order chi connectivity index (χ0) is 23.7. The van der Waals surface area contributed by atoms with Crippen LogP contribution in [0.25, 0.3) is 0 Å². The number of amides is 1. The standard InChI is InChI=1S/C21H25F3N4O3S/c1-28(2)32(30,31)27-17-15(18(26)29)4-14(21(22,23)24)5-16(17)20-8-12-3-13(9-20)7-19(6-12,10-20)11-25/h4-5,12-13,27H,3,6-10H2,1-2H3,(H2,26,29)/t12-,13?,19?,20?/m0/s1. The van der Waals surface area contributed by atoms with E-state index in [1.807, 2.05) is 0 Å². The molecule has 174 valence electrons. The summed E-state index contributed by atoms with van der Waals surface area (Å²) in [6.45, 7) is 0. The molecule has 3 unspecified atom stereocenters. The number of nitriles is 1. The van der Waals surface area contributed by atoms with Gasteiger partial charge in [0.1, 0.15) is 0 Å². The quantitative estimate of drug-likeness (QED) is 0.686. The number of primary amides is 1. The van der Waals surface area contributed by atoms with Gasteiger partial charge in [-0.1, -0.05) is 0 Å². The molecule has 4 aliphatic carbocycles. The van der Waals surface area contributed by atoms with E-state index in [1.54, 1.807) is 0 Å². The molecule has 4 bridgehead atoms. The largest absolute Gasteiger partial charge is 0.416 e. The molecule has 32 heavy (non-hydrogen) atoms. The fourth-order valence-electron chi connectivity index (χ4n) is 6.46. The highest BCUT2D eigenvalue weighted by atomic mass is 32.2. The molecule has 4 atom stereocenters. The highest BCUT2D eigenvalue weighted by Crippen LogP contribution is 2.66. The summed E-state index contributed by atoms with van der Waals surface area (Å²) in [6, 6.07) is 3.95. The van der Waals surface area contributed by atoms with Crippen molar-refractivity contribution >= 4 is 21.8 Å². The van der Waals surface area contributed by atoms with Gasteiger partial charge in [0.2, 0.25) is 0 Å². The minimum absolute atomic E-state index is 0.111. The molecule has 0 saturated heterocycles. The van der Waals surface area contributed by atoms with Crippen LogP contribution in [-0.2, 0) is 21.8 Å². The van der Waals surface area contributed by atoms with Gasteiger partial charge in [0.05, 0.1) is 28.3 Å². The number of nitrogens with two attached hydrogens (primary N) is 1. The number of benzene rings is 1. The average molecular weight is 471 g/mol. The first-order chi connectivity index (χ1) is 14.7. The van der Waals surface area contributed by atoms with Crippen LogP contribution < -0.4 is 10.5 Å². The first kappa shape index (κ1) is 22.9. The molecule has 1 amide bonds. The Morgan fingerprint density at radius 1 is 1.22 bits per heavy atom. The van der Waals surface area contributed by atoms with E-state index in [0.717, 1.165) is 16.8 Å². The first-order valence-electron chi connectivity index (χ1n) is 10.4. The number of hydrogen-bond acceptors (Lipinski definition) is 4. The van der Waals surface area contributed by atoms with E-state index in [4.69, 9.17) is 5.73 Å². The monoisotopic (exact) mass is 470 g/mol. The van der Waals surface area contributed by atoms with Crippen LogP contribution in [0.5, 0.6) is 0 Å². The third kappa shape index (κ3) is 3.63. The molecule has 11 heteroatoms. The lowest BCUT2D eigenvalue weighted by Crippen LogP contribution is -2.54. The Morgan fingerprint density at radius 3 is 2.28 bits per heavy atom. The van der Waals surface area contributed by atoms with Crippen LogP contribution in [0.3, 0.4) is 0 Å². The van der Waals surface area contributed by atoms with Crippen molar-refractivity contribution in [3.63, 3.8) is 0 Å². The molecule has 4 saturated carbocycles. The molecule has 0 radical (unpaired) electrons. The maximum Gasteiger partial charge on any atom is 0.416 e. The Balaban J connectivity index is 1.99. The number of hydrogen-bond donors (Lipinski definition) is 2. The summed E-state index contributed by atoms with van der Waals surface area (Å²) in [5.74, 6) is -0.824. The van der Waals surface area contributed by atoms with Gasteiger partial charge in [-0.15, -0.1) is 0 Å². The Kier molecular flexibility index (Phi) is 5.06. The van der Waals surface area contributed by atoms with Gasteiger partial charge in [0, 0.05) is 14.1 Å².